The van der Waals surface area contributed by atoms with E-state index in [0.29, 0.717) is 12.0 Å². The van der Waals surface area contributed by atoms with Crippen LogP contribution >= 0.6 is 0 Å². The Morgan fingerprint density at radius 2 is 1.72 bits per heavy atom. The van der Waals surface area contributed by atoms with Crippen LogP contribution in [0.3, 0.4) is 0 Å². The zero-order chi connectivity index (χ0) is 22.3. The normalized spacial score (nSPS) is 10.9. The van der Waals surface area contributed by atoms with Gasteiger partial charge in [0.2, 0.25) is 0 Å². The molecule has 32 heavy (non-hydrogen) atoms. The quantitative estimate of drug-likeness (QED) is 0.358. The minimum Gasteiger partial charge on any atom is -0.478 e. The topological polar surface area (TPSA) is 80.9 Å². The molecule has 0 saturated carbocycles. The van der Waals surface area contributed by atoms with E-state index in [0.717, 1.165) is 54.3 Å². The van der Waals surface area contributed by atoms with E-state index in [4.69, 9.17) is 10.1 Å². The van der Waals surface area contributed by atoms with E-state index >= 15 is 0 Å². The van der Waals surface area contributed by atoms with Gasteiger partial charge in [-0.05, 0) is 24.1 Å². The van der Waals surface area contributed by atoms with Crippen LogP contribution in [0.4, 0.5) is 0 Å². The molecule has 1 N–H and O–H groups in total. The fraction of sp³-hybridized carbons (Fsp3) is 0.231. The SMILES string of the molecule is CCCCCn1nc(-c2ccccc2)nc1Cc1ccc(-c2ccccc2C(=O)O)cn1. The van der Waals surface area contributed by atoms with Crippen LogP contribution in [-0.2, 0) is 13.0 Å². The van der Waals surface area contributed by atoms with Crippen molar-refractivity contribution in [2.75, 3.05) is 0 Å². The smallest absolute Gasteiger partial charge is 0.336 e. The predicted molar refractivity (Wildman–Crippen MR) is 124 cm³/mol. The summed E-state index contributed by atoms with van der Waals surface area (Å²) >= 11 is 0. The average molecular weight is 427 g/mol. The number of nitrogens with zero attached hydrogens (tertiary/aromatic N) is 4. The Morgan fingerprint density at radius 1 is 0.938 bits per heavy atom. The molecular weight excluding hydrogens is 400 g/mol. The Labute approximate surface area is 187 Å². The number of aryl methyl sites for hydroxylation is 1. The van der Waals surface area contributed by atoms with Crippen LogP contribution in [0.5, 0.6) is 0 Å². The molecule has 0 aliphatic carbocycles. The maximum atomic E-state index is 11.5. The number of unbranched alkanes of at least 4 members (excludes halogenated alkanes) is 2. The lowest BCUT2D eigenvalue weighted by Crippen LogP contribution is -2.07. The van der Waals surface area contributed by atoms with Crippen molar-refractivity contribution in [3.05, 3.63) is 90.0 Å². The van der Waals surface area contributed by atoms with Crippen molar-refractivity contribution in [3.63, 3.8) is 0 Å². The van der Waals surface area contributed by atoms with Gasteiger partial charge in [0.05, 0.1) is 5.56 Å². The van der Waals surface area contributed by atoms with Gasteiger partial charge in [-0.1, -0.05) is 74.4 Å². The van der Waals surface area contributed by atoms with E-state index in [-0.39, 0.29) is 5.56 Å². The predicted octanol–water partition coefficient (Wildman–Crippen LogP) is 5.49. The van der Waals surface area contributed by atoms with Crippen molar-refractivity contribution >= 4 is 5.97 Å². The fourth-order valence-electron chi connectivity index (χ4n) is 3.68. The summed E-state index contributed by atoms with van der Waals surface area (Å²) < 4.78 is 1.99. The number of carbonyl (C=O) groups is 1. The molecule has 162 valence electrons. The Hall–Kier alpha value is -3.80. The van der Waals surface area contributed by atoms with Crippen molar-refractivity contribution in [1.29, 1.82) is 0 Å². The monoisotopic (exact) mass is 426 g/mol. The van der Waals surface area contributed by atoms with Crippen molar-refractivity contribution < 1.29 is 9.90 Å². The van der Waals surface area contributed by atoms with E-state index < -0.39 is 5.97 Å². The maximum absolute atomic E-state index is 11.5. The van der Waals surface area contributed by atoms with E-state index in [9.17, 15) is 9.90 Å². The summed E-state index contributed by atoms with van der Waals surface area (Å²) in [5.41, 5.74) is 3.57. The first-order valence-electron chi connectivity index (χ1n) is 10.9. The molecule has 4 rings (SSSR count). The maximum Gasteiger partial charge on any atom is 0.336 e. The van der Waals surface area contributed by atoms with Crippen molar-refractivity contribution in [2.24, 2.45) is 0 Å². The number of pyridine rings is 1. The molecular formula is C26H26N4O2. The Bertz CT molecular complexity index is 1180. The van der Waals surface area contributed by atoms with Gasteiger partial charge in [0.15, 0.2) is 5.82 Å². The Kier molecular flexibility index (Phi) is 6.70. The number of hydrogen-bond acceptors (Lipinski definition) is 4. The van der Waals surface area contributed by atoms with Gasteiger partial charge >= 0.3 is 5.97 Å². The molecule has 0 bridgehead atoms. The lowest BCUT2D eigenvalue weighted by molar-refractivity contribution is 0.0697. The van der Waals surface area contributed by atoms with Gasteiger partial charge in [-0.15, -0.1) is 0 Å². The molecule has 2 aromatic heterocycles. The lowest BCUT2D eigenvalue weighted by atomic mass is 10.0. The molecule has 2 heterocycles. The highest BCUT2D eigenvalue weighted by atomic mass is 16.4. The van der Waals surface area contributed by atoms with Crippen LogP contribution in [0.15, 0.2) is 72.9 Å². The number of carboxylic acids is 1. The van der Waals surface area contributed by atoms with Crippen LogP contribution < -0.4 is 0 Å². The first kappa shape index (κ1) is 21.4. The van der Waals surface area contributed by atoms with Crippen LogP contribution in [-0.4, -0.2) is 30.8 Å². The van der Waals surface area contributed by atoms with Gasteiger partial charge in [0.1, 0.15) is 5.82 Å². The Balaban J connectivity index is 1.59. The molecule has 0 atom stereocenters. The minimum absolute atomic E-state index is 0.269. The summed E-state index contributed by atoms with van der Waals surface area (Å²) in [4.78, 5) is 20.9. The second kappa shape index (κ2) is 10.0. The largest absolute Gasteiger partial charge is 0.478 e. The van der Waals surface area contributed by atoms with Gasteiger partial charge in [-0.2, -0.15) is 5.10 Å². The third-order valence-electron chi connectivity index (χ3n) is 5.39. The van der Waals surface area contributed by atoms with Gasteiger partial charge in [-0.3, -0.25) is 4.98 Å². The summed E-state index contributed by atoms with van der Waals surface area (Å²) in [6.07, 6.45) is 5.64. The van der Waals surface area contributed by atoms with Crippen LogP contribution in [0, 0.1) is 0 Å². The summed E-state index contributed by atoms with van der Waals surface area (Å²) in [5, 5.41) is 14.2. The second-order valence-corrected chi connectivity index (χ2v) is 7.71. The highest BCUT2D eigenvalue weighted by Crippen LogP contribution is 2.24. The molecule has 0 spiro atoms. The molecule has 0 radical (unpaired) electrons. The van der Waals surface area contributed by atoms with Crippen LogP contribution in [0.1, 0.15) is 48.1 Å². The molecule has 0 aliphatic rings. The first-order valence-corrected chi connectivity index (χ1v) is 10.9. The van der Waals surface area contributed by atoms with E-state index in [2.05, 4.69) is 11.9 Å². The molecule has 2 aromatic carbocycles. The number of aromatic nitrogens is 4. The molecule has 0 aliphatic heterocycles. The molecule has 6 nitrogen and oxygen atoms in total. The molecule has 4 aromatic rings. The van der Waals surface area contributed by atoms with Crippen LogP contribution in [0.25, 0.3) is 22.5 Å². The van der Waals surface area contributed by atoms with E-state index in [1.54, 1.807) is 24.4 Å². The average Bonchev–Trinajstić information content (AvgIpc) is 3.23. The summed E-state index contributed by atoms with van der Waals surface area (Å²) in [5.74, 6) is 0.661. The second-order valence-electron chi connectivity index (χ2n) is 7.71. The number of hydrogen-bond donors (Lipinski definition) is 1. The fourth-order valence-corrected chi connectivity index (χ4v) is 3.68. The molecule has 0 unspecified atom stereocenters. The van der Waals surface area contributed by atoms with Crippen molar-refractivity contribution in [1.82, 2.24) is 19.7 Å². The van der Waals surface area contributed by atoms with Crippen molar-refractivity contribution in [3.8, 4) is 22.5 Å². The molecule has 0 fully saturated rings. The first-order chi connectivity index (χ1) is 15.7. The number of aromatic carboxylic acids is 1. The lowest BCUT2D eigenvalue weighted by Gasteiger charge is -2.08. The summed E-state index contributed by atoms with van der Waals surface area (Å²) in [6, 6.07) is 20.8. The summed E-state index contributed by atoms with van der Waals surface area (Å²) in [6.45, 7) is 3.01. The third kappa shape index (κ3) is 4.91. The highest BCUT2D eigenvalue weighted by Gasteiger charge is 2.14. The minimum atomic E-state index is -0.946. The van der Waals surface area contributed by atoms with Gasteiger partial charge in [-0.25, -0.2) is 14.5 Å². The van der Waals surface area contributed by atoms with Gasteiger partial charge in [0, 0.05) is 36.0 Å². The van der Waals surface area contributed by atoms with Gasteiger partial charge in [0.25, 0.3) is 0 Å². The van der Waals surface area contributed by atoms with Crippen LogP contribution in [0.2, 0.25) is 0 Å². The van der Waals surface area contributed by atoms with Crippen molar-refractivity contribution in [2.45, 2.75) is 39.2 Å². The molecule has 6 heteroatoms. The number of benzene rings is 2. The summed E-state index contributed by atoms with van der Waals surface area (Å²) in [7, 11) is 0. The Morgan fingerprint density at radius 3 is 2.44 bits per heavy atom. The van der Waals surface area contributed by atoms with E-state index in [1.165, 1.54) is 0 Å². The molecule has 0 amide bonds. The molecule has 0 saturated heterocycles. The number of rotatable bonds is 9. The van der Waals surface area contributed by atoms with Gasteiger partial charge < -0.3 is 5.11 Å². The zero-order valence-corrected chi connectivity index (χ0v) is 18.1. The standard InChI is InChI=1S/C26H26N4O2/c1-2-3-9-16-30-24(28-25(29-30)19-10-5-4-6-11-19)17-21-15-14-20(18-27-21)22-12-7-8-13-23(22)26(31)32/h4-8,10-15,18H,2-3,9,16-17H2,1H3,(H,31,32). The van der Waals surface area contributed by atoms with E-state index in [1.807, 2.05) is 53.2 Å². The third-order valence-corrected chi connectivity index (χ3v) is 5.39. The number of carboxylic acid groups (broad SMARTS) is 1. The highest BCUT2D eigenvalue weighted by molar-refractivity contribution is 5.95. The zero-order valence-electron chi connectivity index (χ0n) is 18.1.